The summed E-state index contributed by atoms with van der Waals surface area (Å²) in [7, 11) is 1.23. The highest BCUT2D eigenvalue weighted by Crippen LogP contribution is 2.18. The minimum atomic E-state index is -1.28. The summed E-state index contributed by atoms with van der Waals surface area (Å²) in [5, 5.41) is 16.4. The van der Waals surface area contributed by atoms with Crippen LogP contribution in [0, 0.1) is 0 Å². The highest BCUT2D eigenvalue weighted by Gasteiger charge is 2.20. The number of aromatic nitrogens is 1. The topological polar surface area (TPSA) is 110 Å². The molecule has 8 nitrogen and oxygen atoms in total. The average Bonchev–Trinajstić information content (AvgIpc) is 2.70. The van der Waals surface area contributed by atoms with E-state index in [2.05, 4.69) is 20.3 Å². The van der Waals surface area contributed by atoms with Gasteiger partial charge in [-0.1, -0.05) is 5.16 Å². The van der Waals surface area contributed by atoms with Crippen LogP contribution < -0.4 is 5.32 Å². The molecule has 0 atom stereocenters. The minimum absolute atomic E-state index is 0.0930. The second-order valence-corrected chi connectivity index (χ2v) is 5.45. The zero-order valence-electron chi connectivity index (χ0n) is 11.5. The van der Waals surface area contributed by atoms with Crippen LogP contribution in [-0.2, 0) is 14.4 Å². The standard InChI is InChI=1S/C11H15N3O5S/c1-11(2,3)19-10(17)13-9-12-6(5-20-9)7(8(15)16)14-18-4/h5H,1-4H3,(H,15,16)(H,12,13,17)/b14-7-. The molecule has 0 unspecified atom stereocenters. The maximum absolute atomic E-state index is 11.5. The van der Waals surface area contributed by atoms with E-state index in [1.54, 1.807) is 20.8 Å². The Bertz CT molecular complexity index is 532. The van der Waals surface area contributed by atoms with Crippen molar-refractivity contribution in [3.05, 3.63) is 11.1 Å². The van der Waals surface area contributed by atoms with Gasteiger partial charge in [0, 0.05) is 5.38 Å². The van der Waals surface area contributed by atoms with Crippen LogP contribution in [0.4, 0.5) is 9.93 Å². The van der Waals surface area contributed by atoms with Crippen LogP contribution in [0.2, 0.25) is 0 Å². The lowest BCUT2D eigenvalue weighted by atomic mass is 10.2. The lowest BCUT2D eigenvalue weighted by Crippen LogP contribution is -2.27. The average molecular weight is 301 g/mol. The molecular formula is C11H15N3O5S. The van der Waals surface area contributed by atoms with E-state index in [0.717, 1.165) is 11.3 Å². The van der Waals surface area contributed by atoms with Gasteiger partial charge in [-0.15, -0.1) is 11.3 Å². The fraction of sp³-hybridized carbons (Fsp3) is 0.455. The predicted molar refractivity (Wildman–Crippen MR) is 73.2 cm³/mol. The molecule has 0 saturated heterocycles. The highest BCUT2D eigenvalue weighted by molar-refractivity contribution is 7.14. The lowest BCUT2D eigenvalue weighted by molar-refractivity contribution is -0.129. The summed E-state index contributed by atoms with van der Waals surface area (Å²) in [6.45, 7) is 5.19. The van der Waals surface area contributed by atoms with Crippen molar-refractivity contribution in [2.24, 2.45) is 5.16 Å². The molecule has 1 aromatic rings. The van der Waals surface area contributed by atoms with Gasteiger partial charge < -0.3 is 14.7 Å². The molecule has 0 aliphatic heterocycles. The van der Waals surface area contributed by atoms with Crippen molar-refractivity contribution in [3.63, 3.8) is 0 Å². The molecule has 0 aliphatic carbocycles. The molecule has 1 aromatic heterocycles. The van der Waals surface area contributed by atoms with E-state index in [9.17, 15) is 9.59 Å². The summed E-state index contributed by atoms with van der Waals surface area (Å²) in [6.07, 6.45) is -0.668. The number of hydrogen-bond donors (Lipinski definition) is 2. The minimum Gasteiger partial charge on any atom is -0.476 e. The zero-order chi connectivity index (χ0) is 15.3. The Kier molecular flexibility index (Phi) is 5.03. The molecule has 0 bridgehead atoms. The number of ether oxygens (including phenoxy) is 1. The molecule has 2 N–H and O–H groups in total. The Labute approximate surface area is 119 Å². The third-order valence-corrected chi connectivity index (χ3v) is 2.50. The van der Waals surface area contributed by atoms with Gasteiger partial charge in [-0.25, -0.2) is 14.6 Å². The van der Waals surface area contributed by atoms with Crippen LogP contribution in [0.25, 0.3) is 0 Å². The first-order chi connectivity index (χ1) is 9.23. The van der Waals surface area contributed by atoms with Crippen LogP contribution in [0.5, 0.6) is 0 Å². The maximum Gasteiger partial charge on any atom is 0.413 e. The van der Waals surface area contributed by atoms with Gasteiger partial charge in [0.25, 0.3) is 0 Å². The smallest absolute Gasteiger partial charge is 0.413 e. The van der Waals surface area contributed by atoms with Gasteiger partial charge in [0.05, 0.1) is 0 Å². The van der Waals surface area contributed by atoms with Gasteiger partial charge in [-0.2, -0.15) is 0 Å². The Morgan fingerprint density at radius 2 is 2.10 bits per heavy atom. The van der Waals surface area contributed by atoms with Gasteiger partial charge >= 0.3 is 12.1 Å². The third-order valence-electron chi connectivity index (χ3n) is 1.74. The van der Waals surface area contributed by atoms with E-state index < -0.39 is 17.7 Å². The number of carbonyl (C=O) groups excluding carboxylic acids is 1. The predicted octanol–water partition coefficient (Wildman–Crippen LogP) is 1.93. The summed E-state index contributed by atoms with van der Waals surface area (Å²) in [5.74, 6) is -1.28. The van der Waals surface area contributed by atoms with Gasteiger partial charge in [0.15, 0.2) is 5.13 Å². The zero-order valence-corrected chi connectivity index (χ0v) is 12.3. The molecule has 0 saturated carbocycles. The Morgan fingerprint density at radius 3 is 2.60 bits per heavy atom. The number of aliphatic carboxylic acids is 1. The number of hydrogen-bond acceptors (Lipinski definition) is 7. The molecule has 0 aromatic carbocycles. The number of anilines is 1. The SMILES string of the molecule is CO/N=C(\C(=O)O)c1csc(NC(=O)OC(C)(C)C)n1. The van der Waals surface area contributed by atoms with E-state index in [1.165, 1.54) is 12.5 Å². The Morgan fingerprint density at radius 1 is 1.45 bits per heavy atom. The van der Waals surface area contributed by atoms with Crippen LogP contribution >= 0.6 is 11.3 Å². The van der Waals surface area contributed by atoms with Crippen molar-refractivity contribution >= 4 is 34.2 Å². The summed E-state index contributed by atoms with van der Waals surface area (Å²) >= 11 is 1.05. The molecule has 20 heavy (non-hydrogen) atoms. The van der Waals surface area contributed by atoms with Crippen molar-refractivity contribution in [1.82, 2.24) is 4.98 Å². The molecule has 0 fully saturated rings. The van der Waals surface area contributed by atoms with Crippen LogP contribution in [0.15, 0.2) is 10.5 Å². The van der Waals surface area contributed by atoms with E-state index in [1.807, 2.05) is 0 Å². The van der Waals surface area contributed by atoms with Crippen molar-refractivity contribution in [2.45, 2.75) is 26.4 Å². The number of rotatable bonds is 4. The third kappa shape index (κ3) is 4.84. The number of carbonyl (C=O) groups is 2. The van der Waals surface area contributed by atoms with Crippen molar-refractivity contribution < 1.29 is 24.3 Å². The van der Waals surface area contributed by atoms with Gasteiger partial charge in [0.2, 0.25) is 5.71 Å². The monoisotopic (exact) mass is 301 g/mol. The molecular weight excluding hydrogens is 286 g/mol. The van der Waals surface area contributed by atoms with Gasteiger partial charge in [-0.05, 0) is 20.8 Å². The molecule has 1 heterocycles. The second-order valence-electron chi connectivity index (χ2n) is 4.59. The lowest BCUT2D eigenvalue weighted by Gasteiger charge is -2.18. The number of thiazole rings is 1. The largest absolute Gasteiger partial charge is 0.476 e. The number of nitrogens with one attached hydrogen (secondary N) is 1. The van der Waals surface area contributed by atoms with Gasteiger partial charge in [0.1, 0.15) is 18.4 Å². The van der Waals surface area contributed by atoms with Crippen LogP contribution in [0.3, 0.4) is 0 Å². The number of carboxylic acid groups (broad SMARTS) is 1. The van der Waals surface area contributed by atoms with Crippen LogP contribution in [0.1, 0.15) is 26.5 Å². The van der Waals surface area contributed by atoms with E-state index in [4.69, 9.17) is 9.84 Å². The summed E-state index contributed by atoms with van der Waals surface area (Å²) in [4.78, 5) is 30.9. The summed E-state index contributed by atoms with van der Waals surface area (Å²) < 4.78 is 5.05. The Hall–Kier alpha value is -2.16. The van der Waals surface area contributed by atoms with Crippen LogP contribution in [-0.4, -0.2) is 40.6 Å². The van der Waals surface area contributed by atoms with Crippen molar-refractivity contribution in [1.29, 1.82) is 0 Å². The fourth-order valence-corrected chi connectivity index (χ4v) is 1.80. The molecule has 1 rings (SSSR count). The number of carboxylic acids is 1. The second kappa shape index (κ2) is 6.33. The van der Waals surface area contributed by atoms with E-state index in [-0.39, 0.29) is 16.5 Å². The van der Waals surface area contributed by atoms with E-state index in [0.29, 0.717) is 0 Å². The molecule has 0 radical (unpaired) electrons. The summed E-state index contributed by atoms with van der Waals surface area (Å²) in [5.41, 5.74) is -0.884. The Balaban J connectivity index is 2.80. The quantitative estimate of drug-likeness (QED) is 0.649. The summed E-state index contributed by atoms with van der Waals surface area (Å²) in [6, 6.07) is 0. The van der Waals surface area contributed by atoms with Gasteiger partial charge in [-0.3, -0.25) is 5.32 Å². The van der Waals surface area contributed by atoms with Crippen molar-refractivity contribution in [3.8, 4) is 0 Å². The molecule has 0 aliphatic rings. The van der Waals surface area contributed by atoms with Crippen molar-refractivity contribution in [2.75, 3.05) is 12.4 Å². The first-order valence-electron chi connectivity index (χ1n) is 5.53. The molecule has 0 spiro atoms. The number of amides is 1. The first kappa shape index (κ1) is 15.9. The highest BCUT2D eigenvalue weighted by atomic mass is 32.1. The fourth-order valence-electron chi connectivity index (χ4n) is 1.12. The molecule has 9 heteroatoms. The molecule has 1 amide bonds. The van der Waals surface area contributed by atoms with E-state index >= 15 is 0 Å². The number of oxime groups is 1. The normalized spacial score (nSPS) is 11.9. The number of nitrogens with zero attached hydrogens (tertiary/aromatic N) is 2. The maximum atomic E-state index is 11.5. The molecule has 110 valence electrons. The first-order valence-corrected chi connectivity index (χ1v) is 6.41.